The molecule has 0 saturated heterocycles. The number of esters is 2. The van der Waals surface area contributed by atoms with Crippen molar-refractivity contribution in [1.82, 2.24) is 0 Å². The summed E-state index contributed by atoms with van der Waals surface area (Å²) in [7, 11) is 5.49. The van der Waals surface area contributed by atoms with E-state index in [9.17, 15) is 19.5 Å². The molecule has 0 fully saturated rings. The number of unbranched alkanes of at least 4 members (excludes halogenated alkanes) is 10. The summed E-state index contributed by atoms with van der Waals surface area (Å²) >= 11 is 0. The molecule has 0 saturated carbocycles. The number of quaternary nitrogens is 1. The van der Waals surface area contributed by atoms with Gasteiger partial charge in [-0.2, -0.15) is 0 Å². The number of allylic oxidation sites excluding steroid dienone is 8. The number of aliphatic carboxylic acids is 1. The second-order valence-electron chi connectivity index (χ2n) is 13.4. The molecule has 2 unspecified atom stereocenters. The van der Waals surface area contributed by atoms with Crippen LogP contribution < -0.4 is 0 Å². The summed E-state index contributed by atoms with van der Waals surface area (Å²) in [6.45, 7) is 4.50. The van der Waals surface area contributed by atoms with Crippen LogP contribution in [0, 0.1) is 0 Å². The van der Waals surface area contributed by atoms with Gasteiger partial charge in [0.05, 0.1) is 34.4 Å². The lowest BCUT2D eigenvalue weighted by molar-refractivity contribution is -0.887. The van der Waals surface area contributed by atoms with Crippen molar-refractivity contribution in [2.75, 3.05) is 41.0 Å². The molecule has 0 aromatic carbocycles. The Kier molecular flexibility index (Phi) is 29.8. The molecule has 0 spiro atoms. The van der Waals surface area contributed by atoms with E-state index < -0.39 is 18.1 Å². The van der Waals surface area contributed by atoms with Crippen LogP contribution in [0.2, 0.25) is 0 Å². The van der Waals surface area contributed by atoms with E-state index in [2.05, 4.69) is 56.4 Å². The Balaban J connectivity index is 4.45. The summed E-state index contributed by atoms with van der Waals surface area (Å²) in [4.78, 5) is 36.6. The number of carbonyl (C=O) groups excluding carboxylic acids is 2. The summed E-state index contributed by atoms with van der Waals surface area (Å²) < 4.78 is 17.1. The minimum absolute atomic E-state index is 0.0429. The zero-order chi connectivity index (χ0) is 35.7. The lowest BCUT2D eigenvalue weighted by atomic mass is 10.1. The van der Waals surface area contributed by atoms with Crippen molar-refractivity contribution in [2.24, 2.45) is 0 Å². The van der Waals surface area contributed by atoms with E-state index in [1.165, 1.54) is 32.1 Å². The van der Waals surface area contributed by atoms with Crippen LogP contribution in [0.3, 0.4) is 0 Å². The highest BCUT2D eigenvalue weighted by molar-refractivity contribution is 5.72. The Morgan fingerprint density at radius 1 is 0.646 bits per heavy atom. The first-order valence-corrected chi connectivity index (χ1v) is 18.7. The molecule has 0 rings (SSSR count). The second kappa shape index (κ2) is 31.6. The Labute approximate surface area is 293 Å². The molecule has 0 heterocycles. The van der Waals surface area contributed by atoms with Crippen LogP contribution in [0.25, 0.3) is 0 Å². The first kappa shape index (κ1) is 45.3. The number of hydrogen-bond acceptors (Lipinski definition) is 6. The molecule has 0 aromatic heterocycles. The van der Waals surface area contributed by atoms with Gasteiger partial charge in [0.25, 0.3) is 0 Å². The van der Waals surface area contributed by atoms with Gasteiger partial charge >= 0.3 is 17.9 Å². The smallest absolute Gasteiger partial charge is 0.362 e. The van der Waals surface area contributed by atoms with Crippen LogP contribution in [0.1, 0.15) is 136 Å². The number of nitrogens with zero attached hydrogens (tertiary/aromatic N) is 1. The highest BCUT2D eigenvalue weighted by atomic mass is 16.6. The molecule has 8 nitrogen and oxygen atoms in total. The number of ether oxygens (including phenoxy) is 3. The van der Waals surface area contributed by atoms with Crippen molar-refractivity contribution in [3.63, 3.8) is 0 Å². The minimum atomic E-state index is -0.885. The fourth-order valence-electron chi connectivity index (χ4n) is 5.06. The van der Waals surface area contributed by atoms with Gasteiger partial charge < -0.3 is 23.8 Å². The van der Waals surface area contributed by atoms with Gasteiger partial charge in [0.15, 0.2) is 12.1 Å². The number of carbonyl (C=O) groups is 3. The molecule has 0 radical (unpaired) electrons. The maximum atomic E-state index is 12.6. The van der Waals surface area contributed by atoms with Crippen molar-refractivity contribution < 1.29 is 38.2 Å². The van der Waals surface area contributed by atoms with Crippen molar-refractivity contribution in [3.05, 3.63) is 48.6 Å². The third-order valence-corrected chi connectivity index (χ3v) is 7.98. The van der Waals surface area contributed by atoms with Crippen LogP contribution in [-0.2, 0) is 28.6 Å². The topological polar surface area (TPSA) is 99.1 Å². The van der Waals surface area contributed by atoms with Crippen LogP contribution >= 0.6 is 0 Å². The SMILES string of the molecule is CC/C=C/C/C=C/C/C=C/CCCCCCCCC(=O)OC(COCCC(C(=O)O)[N+](C)(C)C)COC(=O)CC/C=C/CCCCCC. The molecule has 48 heavy (non-hydrogen) atoms. The molecule has 0 amide bonds. The van der Waals surface area contributed by atoms with Gasteiger partial charge in [-0.25, -0.2) is 4.79 Å². The summed E-state index contributed by atoms with van der Waals surface area (Å²) in [5, 5.41) is 9.56. The fourth-order valence-corrected chi connectivity index (χ4v) is 5.06. The molecule has 2 atom stereocenters. The monoisotopic (exact) mass is 677 g/mol. The summed E-state index contributed by atoms with van der Waals surface area (Å²) in [5.74, 6) is -1.56. The van der Waals surface area contributed by atoms with Gasteiger partial charge in [0.2, 0.25) is 0 Å². The maximum absolute atomic E-state index is 12.6. The molecular formula is C40H70NO7+. The van der Waals surface area contributed by atoms with Crippen molar-refractivity contribution in [2.45, 2.75) is 148 Å². The van der Waals surface area contributed by atoms with Crippen LogP contribution in [0.4, 0.5) is 0 Å². The maximum Gasteiger partial charge on any atom is 0.362 e. The van der Waals surface area contributed by atoms with E-state index in [0.717, 1.165) is 64.2 Å². The third-order valence-electron chi connectivity index (χ3n) is 7.98. The van der Waals surface area contributed by atoms with Crippen LogP contribution in [0.15, 0.2) is 48.6 Å². The molecule has 8 heteroatoms. The van der Waals surface area contributed by atoms with Crippen molar-refractivity contribution in [3.8, 4) is 0 Å². The van der Waals surface area contributed by atoms with Gasteiger partial charge in [0, 0.05) is 19.3 Å². The molecule has 0 bridgehead atoms. The number of carboxylic acid groups (broad SMARTS) is 1. The molecule has 0 aromatic rings. The zero-order valence-corrected chi connectivity index (χ0v) is 31.2. The number of likely N-dealkylation sites (N-methyl/N-ethyl adjacent to an activating group) is 1. The standard InChI is InChI=1S/C40H69NO7/c1-6-8-10-12-14-16-17-18-19-20-21-22-23-25-27-29-31-39(43)48-36(34-46-33-32-37(40(44)45)41(3,4)5)35-47-38(42)30-28-26-24-15-13-11-9-7-2/h8,10,14,16,18-19,24,26,36-37H,6-7,9,11-13,15,17,20-23,25,27-35H2,1-5H3/p+1/b10-8+,16-14+,19-18+,26-24+. The van der Waals surface area contributed by atoms with Gasteiger partial charge in [-0.15, -0.1) is 0 Å². The van der Waals surface area contributed by atoms with Gasteiger partial charge in [0.1, 0.15) is 6.61 Å². The van der Waals surface area contributed by atoms with E-state index >= 15 is 0 Å². The normalized spacial score (nSPS) is 13.6. The second-order valence-corrected chi connectivity index (χ2v) is 13.4. The van der Waals surface area contributed by atoms with E-state index in [-0.39, 0.29) is 42.7 Å². The molecule has 0 aliphatic rings. The van der Waals surface area contributed by atoms with E-state index in [1.54, 1.807) is 0 Å². The molecule has 0 aliphatic carbocycles. The lowest BCUT2D eigenvalue weighted by Crippen LogP contribution is -2.50. The first-order chi connectivity index (χ1) is 23.1. The Morgan fingerprint density at radius 3 is 1.83 bits per heavy atom. The quantitative estimate of drug-likeness (QED) is 0.0328. The highest BCUT2D eigenvalue weighted by Crippen LogP contribution is 2.12. The molecule has 0 aliphatic heterocycles. The van der Waals surface area contributed by atoms with Crippen molar-refractivity contribution in [1.29, 1.82) is 0 Å². The van der Waals surface area contributed by atoms with Gasteiger partial charge in [-0.3, -0.25) is 9.59 Å². The van der Waals surface area contributed by atoms with Crippen molar-refractivity contribution >= 4 is 17.9 Å². The number of hydrogen-bond donors (Lipinski definition) is 1. The average Bonchev–Trinajstić information content (AvgIpc) is 3.03. The molecular weight excluding hydrogens is 606 g/mol. The predicted molar refractivity (Wildman–Crippen MR) is 197 cm³/mol. The fraction of sp³-hybridized carbons (Fsp3) is 0.725. The average molecular weight is 677 g/mol. The summed E-state index contributed by atoms with van der Waals surface area (Å²) in [6, 6.07) is -0.620. The van der Waals surface area contributed by atoms with Gasteiger partial charge in [-0.05, 0) is 57.8 Å². The summed E-state index contributed by atoms with van der Waals surface area (Å²) in [6.07, 6.45) is 34.6. The summed E-state index contributed by atoms with van der Waals surface area (Å²) in [5.41, 5.74) is 0. The minimum Gasteiger partial charge on any atom is -0.477 e. The Morgan fingerprint density at radius 2 is 1.21 bits per heavy atom. The Hall–Kier alpha value is -2.71. The zero-order valence-electron chi connectivity index (χ0n) is 31.2. The molecule has 1 N–H and O–H groups in total. The number of carboxylic acids is 1. The highest BCUT2D eigenvalue weighted by Gasteiger charge is 2.31. The number of rotatable bonds is 32. The molecule has 276 valence electrons. The van der Waals surface area contributed by atoms with E-state index in [4.69, 9.17) is 14.2 Å². The largest absolute Gasteiger partial charge is 0.477 e. The Bertz CT molecular complexity index is 932. The lowest BCUT2D eigenvalue weighted by Gasteiger charge is -2.31. The van der Waals surface area contributed by atoms with E-state index in [1.807, 2.05) is 27.2 Å². The van der Waals surface area contributed by atoms with Gasteiger partial charge in [-0.1, -0.05) is 107 Å². The third kappa shape index (κ3) is 29.4. The van der Waals surface area contributed by atoms with E-state index in [0.29, 0.717) is 19.3 Å². The predicted octanol–water partition coefficient (Wildman–Crippen LogP) is 9.29. The van der Waals surface area contributed by atoms with Crippen LogP contribution in [-0.4, -0.2) is 80.6 Å². The first-order valence-electron chi connectivity index (χ1n) is 18.7. The van der Waals surface area contributed by atoms with Crippen LogP contribution in [0.5, 0.6) is 0 Å².